The molecule has 156 valence electrons. The zero-order valence-electron chi connectivity index (χ0n) is 18.6. The highest BCUT2D eigenvalue weighted by Gasteiger charge is 2.16. The Balaban J connectivity index is 1.62. The van der Waals surface area contributed by atoms with Crippen molar-refractivity contribution in [3.63, 3.8) is 0 Å². The second kappa shape index (κ2) is 8.07. The van der Waals surface area contributed by atoms with Crippen LogP contribution in [0.3, 0.4) is 0 Å². The minimum atomic E-state index is 1.25. The van der Waals surface area contributed by atoms with Crippen LogP contribution >= 0.6 is 0 Å². The molecule has 0 radical (unpaired) electrons. The van der Waals surface area contributed by atoms with E-state index in [-0.39, 0.29) is 0 Å². The van der Waals surface area contributed by atoms with Gasteiger partial charge in [-0.15, -0.1) is 0 Å². The van der Waals surface area contributed by atoms with Crippen molar-refractivity contribution in [3.8, 4) is 33.4 Å². The van der Waals surface area contributed by atoms with Crippen LogP contribution in [0, 0.1) is 6.92 Å². The van der Waals surface area contributed by atoms with Crippen LogP contribution in [-0.4, -0.2) is 0 Å². The molecule has 0 unspecified atom stereocenters. The van der Waals surface area contributed by atoms with Crippen LogP contribution in [0.25, 0.3) is 54.9 Å². The lowest BCUT2D eigenvalue weighted by atomic mass is 9.86. The molecular formula is C33H24. The molecule has 0 fully saturated rings. The lowest BCUT2D eigenvalue weighted by Crippen LogP contribution is -1.90. The fraction of sp³-hybridized carbons (Fsp3) is 0.0303. The Morgan fingerprint density at radius 3 is 1.27 bits per heavy atom. The van der Waals surface area contributed by atoms with Crippen molar-refractivity contribution in [2.75, 3.05) is 0 Å². The maximum atomic E-state index is 2.27. The van der Waals surface area contributed by atoms with Gasteiger partial charge >= 0.3 is 0 Å². The normalized spacial score (nSPS) is 11.2. The second-order valence-corrected chi connectivity index (χ2v) is 8.65. The summed E-state index contributed by atoms with van der Waals surface area (Å²) in [4.78, 5) is 0. The maximum Gasteiger partial charge on any atom is -0.00264 e. The van der Waals surface area contributed by atoms with Gasteiger partial charge in [0.25, 0.3) is 0 Å². The molecule has 6 rings (SSSR count). The van der Waals surface area contributed by atoms with Gasteiger partial charge in [-0.05, 0) is 61.8 Å². The number of hydrogen-bond donors (Lipinski definition) is 0. The fourth-order valence-electron chi connectivity index (χ4n) is 5.01. The quantitative estimate of drug-likeness (QED) is 0.250. The highest BCUT2D eigenvalue weighted by Crippen LogP contribution is 2.43. The average Bonchev–Trinajstić information content (AvgIpc) is 2.88. The summed E-state index contributed by atoms with van der Waals surface area (Å²) < 4.78 is 0. The van der Waals surface area contributed by atoms with Gasteiger partial charge in [0.15, 0.2) is 0 Å². The largest absolute Gasteiger partial charge is 0.0622 e. The van der Waals surface area contributed by atoms with Crippen molar-refractivity contribution in [2.45, 2.75) is 6.92 Å². The molecule has 0 nitrogen and oxygen atoms in total. The molecular weight excluding hydrogens is 396 g/mol. The van der Waals surface area contributed by atoms with Gasteiger partial charge in [-0.1, -0.05) is 133 Å². The van der Waals surface area contributed by atoms with Crippen LogP contribution in [0.15, 0.2) is 127 Å². The molecule has 0 heterocycles. The first-order valence-electron chi connectivity index (χ1n) is 11.5. The average molecular weight is 421 g/mol. The molecule has 0 amide bonds. The Kier molecular flexibility index (Phi) is 4.78. The van der Waals surface area contributed by atoms with Gasteiger partial charge in [-0.25, -0.2) is 0 Å². The minimum Gasteiger partial charge on any atom is -0.0622 e. The van der Waals surface area contributed by atoms with Crippen LogP contribution in [0.1, 0.15) is 5.56 Å². The maximum absolute atomic E-state index is 2.27. The minimum absolute atomic E-state index is 1.25. The van der Waals surface area contributed by atoms with E-state index in [0.717, 1.165) is 0 Å². The first-order chi connectivity index (χ1) is 16.3. The molecule has 0 heteroatoms. The third kappa shape index (κ3) is 3.41. The van der Waals surface area contributed by atoms with Crippen molar-refractivity contribution in [2.24, 2.45) is 0 Å². The van der Waals surface area contributed by atoms with Crippen molar-refractivity contribution in [3.05, 3.63) is 133 Å². The molecule has 0 spiro atoms. The second-order valence-electron chi connectivity index (χ2n) is 8.65. The summed E-state index contributed by atoms with van der Waals surface area (Å²) >= 11 is 0. The number of fused-ring (bicyclic) bond motifs is 2. The van der Waals surface area contributed by atoms with Gasteiger partial charge in [0.2, 0.25) is 0 Å². The van der Waals surface area contributed by atoms with Crippen molar-refractivity contribution in [1.29, 1.82) is 0 Å². The van der Waals surface area contributed by atoms with E-state index in [2.05, 4.69) is 134 Å². The molecule has 0 aliphatic rings. The Morgan fingerprint density at radius 2 is 0.758 bits per heavy atom. The van der Waals surface area contributed by atoms with E-state index in [9.17, 15) is 0 Å². The van der Waals surface area contributed by atoms with Gasteiger partial charge in [-0.3, -0.25) is 0 Å². The molecule has 0 N–H and O–H groups in total. The topological polar surface area (TPSA) is 0 Å². The van der Waals surface area contributed by atoms with Crippen LogP contribution in [0.2, 0.25) is 0 Å². The number of rotatable bonds is 3. The van der Waals surface area contributed by atoms with Gasteiger partial charge < -0.3 is 0 Å². The van der Waals surface area contributed by atoms with E-state index >= 15 is 0 Å². The van der Waals surface area contributed by atoms with Crippen LogP contribution < -0.4 is 0 Å². The highest BCUT2D eigenvalue weighted by atomic mass is 14.2. The predicted molar refractivity (Wildman–Crippen MR) is 142 cm³/mol. The highest BCUT2D eigenvalue weighted by molar-refractivity contribution is 6.21. The first-order valence-corrected chi connectivity index (χ1v) is 11.5. The Labute approximate surface area is 194 Å². The standard InChI is InChI=1S/C33H24/c1-23-10-9-13-27(22-23)24-18-20-26(21-19-24)33-30-16-7-5-14-28(30)32(25-11-3-2-4-12-25)29-15-6-8-17-31(29)33/h2-22H,1H3. The first kappa shape index (κ1) is 19.5. The van der Waals surface area contributed by atoms with Gasteiger partial charge in [0.1, 0.15) is 0 Å². The SMILES string of the molecule is Cc1cccc(-c2ccc(-c3c4ccccc4c(-c4ccccc4)c4ccccc34)cc2)c1. The number of benzene rings is 6. The molecule has 33 heavy (non-hydrogen) atoms. The summed E-state index contributed by atoms with van der Waals surface area (Å²) in [6.07, 6.45) is 0. The summed E-state index contributed by atoms with van der Waals surface area (Å²) in [5, 5.41) is 5.16. The Hall–Kier alpha value is -4.16. The monoisotopic (exact) mass is 420 g/mol. The molecule has 0 aromatic heterocycles. The zero-order chi connectivity index (χ0) is 22.2. The molecule has 0 saturated heterocycles. The smallest absolute Gasteiger partial charge is 0.00264 e. The third-order valence-corrected chi connectivity index (χ3v) is 6.52. The van der Waals surface area contributed by atoms with E-state index in [1.165, 1.54) is 60.5 Å². The number of aryl methyl sites for hydroxylation is 1. The fourth-order valence-corrected chi connectivity index (χ4v) is 5.01. The van der Waals surface area contributed by atoms with Gasteiger partial charge in [0.05, 0.1) is 0 Å². The van der Waals surface area contributed by atoms with E-state index in [1.807, 2.05) is 0 Å². The van der Waals surface area contributed by atoms with E-state index in [4.69, 9.17) is 0 Å². The Bertz CT molecular complexity index is 1530. The van der Waals surface area contributed by atoms with Crippen molar-refractivity contribution in [1.82, 2.24) is 0 Å². The lowest BCUT2D eigenvalue weighted by molar-refractivity contribution is 1.47. The Morgan fingerprint density at radius 1 is 0.333 bits per heavy atom. The molecule has 0 aliphatic carbocycles. The molecule has 0 saturated carbocycles. The van der Waals surface area contributed by atoms with E-state index in [1.54, 1.807) is 0 Å². The molecule has 6 aromatic rings. The predicted octanol–water partition coefficient (Wildman–Crippen LogP) is 9.30. The molecule has 0 atom stereocenters. The van der Waals surface area contributed by atoms with Crippen LogP contribution in [-0.2, 0) is 0 Å². The molecule has 6 aromatic carbocycles. The van der Waals surface area contributed by atoms with Crippen molar-refractivity contribution < 1.29 is 0 Å². The zero-order valence-corrected chi connectivity index (χ0v) is 18.6. The summed E-state index contributed by atoms with van der Waals surface area (Å²) in [6, 6.07) is 46.1. The van der Waals surface area contributed by atoms with E-state index in [0.29, 0.717) is 0 Å². The van der Waals surface area contributed by atoms with Crippen molar-refractivity contribution >= 4 is 21.5 Å². The molecule has 0 bridgehead atoms. The summed E-state index contributed by atoms with van der Waals surface area (Å²) in [6.45, 7) is 2.14. The summed E-state index contributed by atoms with van der Waals surface area (Å²) in [5.74, 6) is 0. The third-order valence-electron chi connectivity index (χ3n) is 6.52. The summed E-state index contributed by atoms with van der Waals surface area (Å²) in [5.41, 5.74) is 8.90. The van der Waals surface area contributed by atoms with E-state index < -0.39 is 0 Å². The van der Waals surface area contributed by atoms with Crippen LogP contribution in [0.4, 0.5) is 0 Å². The summed E-state index contributed by atoms with van der Waals surface area (Å²) in [7, 11) is 0. The van der Waals surface area contributed by atoms with Gasteiger partial charge in [-0.2, -0.15) is 0 Å². The van der Waals surface area contributed by atoms with Gasteiger partial charge in [0, 0.05) is 0 Å². The number of hydrogen-bond acceptors (Lipinski definition) is 0. The van der Waals surface area contributed by atoms with Crippen LogP contribution in [0.5, 0.6) is 0 Å². The lowest BCUT2D eigenvalue weighted by Gasteiger charge is -2.18. The molecule has 0 aliphatic heterocycles.